The fourth-order valence-corrected chi connectivity index (χ4v) is 8.41. The zero-order valence-electron chi connectivity index (χ0n) is 27.5. The van der Waals surface area contributed by atoms with Crippen LogP contribution in [0.15, 0.2) is 194 Å². The number of hydrogen-bond donors (Lipinski definition) is 0. The second kappa shape index (κ2) is 11.6. The van der Waals surface area contributed by atoms with Crippen molar-refractivity contribution < 1.29 is 0 Å². The molecule has 0 atom stereocenters. The zero-order chi connectivity index (χ0) is 33.0. The first-order valence-electron chi connectivity index (χ1n) is 17.4. The van der Waals surface area contributed by atoms with E-state index in [1.165, 1.54) is 98.4 Å². The van der Waals surface area contributed by atoms with Crippen molar-refractivity contribution in [3.63, 3.8) is 0 Å². The summed E-state index contributed by atoms with van der Waals surface area (Å²) in [6, 6.07) is 71.2. The Morgan fingerprint density at radius 3 is 1.00 bits per heavy atom. The van der Waals surface area contributed by atoms with Crippen molar-refractivity contribution in [1.29, 1.82) is 0 Å². The van der Waals surface area contributed by atoms with Crippen LogP contribution in [0.5, 0.6) is 0 Å². The zero-order valence-corrected chi connectivity index (χ0v) is 27.5. The molecule has 0 heterocycles. The Balaban J connectivity index is 1.39. The number of benzene rings is 10. The molecule has 0 unspecified atom stereocenters. The lowest BCUT2D eigenvalue weighted by Crippen LogP contribution is -1.94. The highest BCUT2D eigenvalue weighted by molar-refractivity contribution is 6.30. The van der Waals surface area contributed by atoms with Crippen molar-refractivity contribution in [1.82, 2.24) is 0 Å². The highest BCUT2D eigenvalue weighted by Gasteiger charge is 2.21. The first-order chi connectivity index (χ1) is 24.9. The maximum absolute atomic E-state index is 2.38. The molecule has 0 amide bonds. The normalized spacial score (nSPS) is 11.6. The molecule has 232 valence electrons. The van der Waals surface area contributed by atoms with Crippen LogP contribution in [0.4, 0.5) is 0 Å². The molecule has 50 heavy (non-hydrogen) atoms. The van der Waals surface area contributed by atoms with Gasteiger partial charge in [-0.1, -0.05) is 194 Å². The molecule has 10 aromatic carbocycles. The lowest BCUT2D eigenvalue weighted by molar-refractivity contribution is 1.65. The van der Waals surface area contributed by atoms with Crippen LogP contribution in [0, 0.1) is 0 Å². The van der Waals surface area contributed by atoms with Gasteiger partial charge in [0, 0.05) is 0 Å². The number of hydrogen-bond acceptors (Lipinski definition) is 0. The Bertz CT molecular complexity index is 2830. The fraction of sp³-hybridized carbons (Fsp3) is 0. The van der Waals surface area contributed by atoms with Crippen LogP contribution in [-0.2, 0) is 0 Å². The van der Waals surface area contributed by atoms with E-state index < -0.39 is 0 Å². The second-order valence-corrected chi connectivity index (χ2v) is 13.1. The van der Waals surface area contributed by atoms with Crippen molar-refractivity contribution in [2.24, 2.45) is 0 Å². The molecule has 0 aliphatic carbocycles. The molecule has 0 bridgehead atoms. The van der Waals surface area contributed by atoms with Gasteiger partial charge in [0.05, 0.1) is 0 Å². The van der Waals surface area contributed by atoms with E-state index in [9.17, 15) is 0 Å². The van der Waals surface area contributed by atoms with E-state index in [1.54, 1.807) is 0 Å². The summed E-state index contributed by atoms with van der Waals surface area (Å²) in [6.07, 6.45) is 0. The van der Waals surface area contributed by atoms with Crippen molar-refractivity contribution in [2.75, 3.05) is 0 Å². The summed E-state index contributed by atoms with van der Waals surface area (Å²) in [5, 5.41) is 12.7. The molecule has 0 aliphatic heterocycles. The molecule has 0 heteroatoms. The molecule has 0 fully saturated rings. The Kier molecular flexibility index (Phi) is 6.60. The van der Waals surface area contributed by atoms with Gasteiger partial charge in [-0.05, 0) is 98.4 Å². The predicted molar refractivity (Wildman–Crippen MR) is 216 cm³/mol. The van der Waals surface area contributed by atoms with Gasteiger partial charge in [-0.25, -0.2) is 0 Å². The van der Waals surface area contributed by atoms with Crippen LogP contribution >= 0.6 is 0 Å². The van der Waals surface area contributed by atoms with Crippen molar-refractivity contribution in [2.45, 2.75) is 0 Å². The Morgan fingerprint density at radius 2 is 0.520 bits per heavy atom. The van der Waals surface area contributed by atoms with Crippen LogP contribution in [0.3, 0.4) is 0 Å². The molecule has 10 rings (SSSR count). The Labute approximate surface area is 291 Å². The fourth-order valence-electron chi connectivity index (χ4n) is 8.41. The van der Waals surface area contributed by atoms with Gasteiger partial charge in [0.2, 0.25) is 0 Å². The Morgan fingerprint density at radius 1 is 0.180 bits per heavy atom. The predicted octanol–water partition coefficient (Wildman–Crippen LogP) is 14.1. The van der Waals surface area contributed by atoms with Gasteiger partial charge < -0.3 is 0 Å². The average molecular weight is 633 g/mol. The third kappa shape index (κ3) is 4.32. The first kappa shape index (κ1) is 28.5. The van der Waals surface area contributed by atoms with E-state index in [0.29, 0.717) is 0 Å². The molecular weight excluding hydrogens is 601 g/mol. The molecule has 0 aliphatic rings. The molecule has 0 saturated carbocycles. The van der Waals surface area contributed by atoms with Gasteiger partial charge in [-0.3, -0.25) is 0 Å². The summed E-state index contributed by atoms with van der Waals surface area (Å²) in [6.45, 7) is 0. The second-order valence-electron chi connectivity index (χ2n) is 13.1. The minimum atomic E-state index is 1.23. The van der Waals surface area contributed by atoms with Crippen LogP contribution in [0.2, 0.25) is 0 Å². The van der Waals surface area contributed by atoms with Gasteiger partial charge in [-0.2, -0.15) is 0 Å². The third-order valence-electron chi connectivity index (χ3n) is 10.4. The van der Waals surface area contributed by atoms with Crippen LogP contribution < -0.4 is 0 Å². The first-order valence-corrected chi connectivity index (χ1v) is 17.4. The van der Waals surface area contributed by atoms with E-state index in [1.807, 2.05) is 0 Å². The Hall–Kier alpha value is -6.50. The summed E-state index contributed by atoms with van der Waals surface area (Å²) in [5.41, 5.74) is 10.1. The van der Waals surface area contributed by atoms with Crippen molar-refractivity contribution in [3.05, 3.63) is 194 Å². The molecule has 0 nitrogen and oxygen atoms in total. The average Bonchev–Trinajstić information content (AvgIpc) is 3.19. The van der Waals surface area contributed by atoms with Crippen LogP contribution in [0.1, 0.15) is 0 Å². The van der Waals surface area contributed by atoms with Gasteiger partial charge in [0.15, 0.2) is 0 Å². The molecule has 0 radical (unpaired) electrons. The van der Waals surface area contributed by atoms with E-state index in [4.69, 9.17) is 0 Å². The topological polar surface area (TPSA) is 0 Å². The maximum Gasteiger partial charge on any atom is -0.00139 e. The molecule has 10 aromatic rings. The summed E-state index contributed by atoms with van der Waals surface area (Å²) < 4.78 is 0. The van der Waals surface area contributed by atoms with Crippen LogP contribution in [0.25, 0.3) is 98.4 Å². The largest absolute Gasteiger partial charge is 0.0622 e. The molecular formula is C50H32. The monoisotopic (exact) mass is 632 g/mol. The van der Waals surface area contributed by atoms with E-state index >= 15 is 0 Å². The lowest BCUT2D eigenvalue weighted by Gasteiger charge is -2.21. The molecule has 0 N–H and O–H groups in total. The number of rotatable bonds is 4. The molecule has 0 aromatic heterocycles. The minimum absolute atomic E-state index is 1.23. The summed E-state index contributed by atoms with van der Waals surface area (Å²) >= 11 is 0. The van der Waals surface area contributed by atoms with E-state index in [-0.39, 0.29) is 0 Å². The lowest BCUT2D eigenvalue weighted by atomic mass is 9.81. The SMILES string of the molecule is c1ccc(-c2c3ccccc3c(-c3cccc4c3ccc3c(-c5ccccc5)c5ccccc5c(-c5ccccc5)c34)c3ccccc23)cc1. The summed E-state index contributed by atoms with van der Waals surface area (Å²) in [4.78, 5) is 0. The quantitative estimate of drug-likeness (QED) is 0.134. The highest BCUT2D eigenvalue weighted by atomic mass is 14.2. The summed E-state index contributed by atoms with van der Waals surface area (Å²) in [7, 11) is 0. The number of fused-ring (bicyclic) bond motifs is 6. The standard InChI is InChI=1S/C50H32/c1-4-17-33(18-5-1)46-40-24-11-14-27-43(40)49(44-28-15-12-25-41(44)46)37-29-16-30-38-36(37)31-32-45-47(34-19-6-2-7-20-34)39-23-10-13-26-42(39)48(50(38)45)35-21-8-3-9-22-35/h1-32H. The molecule has 0 spiro atoms. The van der Waals surface area contributed by atoms with Crippen LogP contribution in [-0.4, -0.2) is 0 Å². The third-order valence-corrected chi connectivity index (χ3v) is 10.4. The van der Waals surface area contributed by atoms with E-state index in [0.717, 1.165) is 0 Å². The highest BCUT2D eigenvalue weighted by Crippen LogP contribution is 2.49. The minimum Gasteiger partial charge on any atom is -0.0622 e. The smallest absolute Gasteiger partial charge is 0.00139 e. The maximum atomic E-state index is 2.38. The summed E-state index contributed by atoms with van der Waals surface area (Å²) in [5.74, 6) is 0. The van der Waals surface area contributed by atoms with E-state index in [2.05, 4.69) is 194 Å². The molecule has 0 saturated heterocycles. The van der Waals surface area contributed by atoms with Crippen molar-refractivity contribution in [3.8, 4) is 44.5 Å². The van der Waals surface area contributed by atoms with Gasteiger partial charge in [0.25, 0.3) is 0 Å². The van der Waals surface area contributed by atoms with Gasteiger partial charge >= 0.3 is 0 Å². The van der Waals surface area contributed by atoms with Gasteiger partial charge in [-0.15, -0.1) is 0 Å². The van der Waals surface area contributed by atoms with Gasteiger partial charge in [0.1, 0.15) is 0 Å². The van der Waals surface area contributed by atoms with Crippen molar-refractivity contribution >= 4 is 53.9 Å².